The molecule has 11 heteroatoms. The second-order valence-corrected chi connectivity index (χ2v) is 16.9. The summed E-state index contributed by atoms with van der Waals surface area (Å²) in [5, 5.41) is 3.43. The van der Waals surface area contributed by atoms with Gasteiger partial charge >= 0.3 is 11.9 Å². The summed E-state index contributed by atoms with van der Waals surface area (Å²) >= 11 is 4.22. The number of nitrogens with one attached hydrogen (secondary N) is 1. The molecule has 2 aliphatic carbocycles. The third-order valence-corrected chi connectivity index (χ3v) is 9.84. The zero-order chi connectivity index (χ0) is 32.8. The van der Waals surface area contributed by atoms with Crippen LogP contribution in [0, 0.1) is 10.8 Å². The molecular formula is C32H63N3O5S3. The molecule has 2 aliphatic rings. The standard InChI is InChI=1S/C15H29NO2S.C13H22O3.C4H12N2S2/c1-14(2,3)18-13(17)11-15(12-16-9-10-19)7-5-4-6-8-15;1-12(2,3)16-11(15)9-13(10-14)7-5-4-6-8-13;5-1-3-7-8-4-2-6/h16,19H,4-12H2,1-3H3;10H,4-9H2,1-3H3;1-6H2. The molecule has 2 saturated carbocycles. The molecule has 8 nitrogen and oxygen atoms in total. The maximum atomic E-state index is 12.1. The third-order valence-electron chi connectivity index (χ3n) is 7.14. The summed E-state index contributed by atoms with van der Waals surface area (Å²) in [5.41, 5.74) is 9.30. The first kappa shape index (κ1) is 42.5. The van der Waals surface area contributed by atoms with E-state index in [2.05, 4.69) is 17.9 Å². The van der Waals surface area contributed by atoms with Crippen molar-refractivity contribution >= 4 is 52.4 Å². The molecule has 0 unspecified atom stereocenters. The number of hydrogen-bond donors (Lipinski definition) is 4. The highest BCUT2D eigenvalue weighted by Gasteiger charge is 2.36. The molecule has 0 saturated heterocycles. The van der Waals surface area contributed by atoms with Gasteiger partial charge in [0.05, 0.1) is 12.8 Å². The van der Waals surface area contributed by atoms with Gasteiger partial charge in [0.2, 0.25) is 0 Å². The number of rotatable bonds is 14. The van der Waals surface area contributed by atoms with Gasteiger partial charge in [0, 0.05) is 48.9 Å². The van der Waals surface area contributed by atoms with Crippen molar-refractivity contribution in [2.45, 2.75) is 130 Å². The van der Waals surface area contributed by atoms with Gasteiger partial charge < -0.3 is 31.1 Å². The molecule has 2 rings (SSSR count). The van der Waals surface area contributed by atoms with Gasteiger partial charge in [0.1, 0.15) is 17.5 Å². The smallest absolute Gasteiger partial charge is 0.307 e. The minimum Gasteiger partial charge on any atom is -0.460 e. The fourth-order valence-corrected chi connectivity index (χ4v) is 7.18. The van der Waals surface area contributed by atoms with Crippen LogP contribution in [0.3, 0.4) is 0 Å². The summed E-state index contributed by atoms with van der Waals surface area (Å²) < 4.78 is 10.8. The fourth-order valence-electron chi connectivity index (χ4n) is 5.31. The van der Waals surface area contributed by atoms with Gasteiger partial charge in [-0.05, 0) is 72.6 Å². The van der Waals surface area contributed by atoms with E-state index in [1.807, 2.05) is 41.5 Å². The van der Waals surface area contributed by atoms with E-state index in [4.69, 9.17) is 20.9 Å². The van der Waals surface area contributed by atoms with Crippen molar-refractivity contribution in [2.75, 3.05) is 43.4 Å². The van der Waals surface area contributed by atoms with Crippen LogP contribution in [0.5, 0.6) is 0 Å². The Balaban J connectivity index is 0.000000665. The summed E-state index contributed by atoms with van der Waals surface area (Å²) in [6, 6.07) is 0. The minimum absolute atomic E-state index is 0.0536. The molecule has 0 amide bonds. The molecule has 0 aromatic heterocycles. The van der Waals surface area contributed by atoms with Gasteiger partial charge in [0.25, 0.3) is 0 Å². The first-order valence-electron chi connectivity index (χ1n) is 16.0. The van der Waals surface area contributed by atoms with Crippen molar-refractivity contribution in [3.8, 4) is 0 Å². The summed E-state index contributed by atoms with van der Waals surface area (Å²) in [4.78, 5) is 35.0. The molecule has 0 radical (unpaired) electrons. The number of nitrogens with two attached hydrogens (primary N) is 2. The maximum Gasteiger partial charge on any atom is 0.307 e. The Morgan fingerprint density at radius 2 is 1.23 bits per heavy atom. The van der Waals surface area contributed by atoms with Gasteiger partial charge in [-0.3, -0.25) is 9.59 Å². The highest BCUT2D eigenvalue weighted by molar-refractivity contribution is 8.76. The number of thiol groups is 1. The predicted octanol–water partition coefficient (Wildman–Crippen LogP) is 6.34. The highest BCUT2D eigenvalue weighted by atomic mass is 33.1. The topological polar surface area (TPSA) is 134 Å². The predicted molar refractivity (Wildman–Crippen MR) is 188 cm³/mol. The monoisotopic (exact) mass is 665 g/mol. The van der Waals surface area contributed by atoms with Gasteiger partial charge in [-0.25, -0.2) is 0 Å². The maximum absolute atomic E-state index is 12.1. The van der Waals surface area contributed by atoms with E-state index >= 15 is 0 Å². The lowest BCUT2D eigenvalue weighted by atomic mass is 9.71. The number of carbonyl (C=O) groups excluding carboxylic acids is 3. The fraction of sp³-hybridized carbons (Fsp3) is 0.906. The third kappa shape index (κ3) is 22.7. The van der Waals surface area contributed by atoms with E-state index in [9.17, 15) is 14.4 Å². The Morgan fingerprint density at radius 1 is 0.791 bits per heavy atom. The van der Waals surface area contributed by atoms with Crippen LogP contribution in [0.2, 0.25) is 0 Å². The Kier molecular flexibility index (Phi) is 22.7. The van der Waals surface area contributed by atoms with Crippen LogP contribution in [0.1, 0.15) is 119 Å². The zero-order valence-corrected chi connectivity index (χ0v) is 30.5. The molecule has 0 bridgehead atoms. The van der Waals surface area contributed by atoms with Crippen molar-refractivity contribution in [3.63, 3.8) is 0 Å². The molecule has 5 N–H and O–H groups in total. The number of hydrogen-bond acceptors (Lipinski definition) is 11. The average molecular weight is 666 g/mol. The van der Waals surface area contributed by atoms with Crippen LogP contribution in [0.15, 0.2) is 0 Å². The molecule has 0 aromatic rings. The van der Waals surface area contributed by atoms with Crippen molar-refractivity contribution in [3.05, 3.63) is 0 Å². The van der Waals surface area contributed by atoms with Crippen molar-refractivity contribution < 1.29 is 23.9 Å². The molecule has 0 spiro atoms. The Hall–Kier alpha value is -0.460. The number of aldehydes is 1. The van der Waals surface area contributed by atoms with Crippen molar-refractivity contribution in [1.82, 2.24) is 5.32 Å². The second kappa shape index (κ2) is 23.0. The lowest BCUT2D eigenvalue weighted by molar-refractivity contribution is -0.159. The lowest BCUT2D eigenvalue weighted by Crippen LogP contribution is -2.40. The summed E-state index contributed by atoms with van der Waals surface area (Å²) in [7, 11) is 3.58. The van der Waals surface area contributed by atoms with Crippen molar-refractivity contribution in [1.29, 1.82) is 0 Å². The number of ether oxygens (including phenoxy) is 2. The highest BCUT2D eigenvalue weighted by Crippen LogP contribution is 2.40. The molecule has 2 fully saturated rings. The summed E-state index contributed by atoms with van der Waals surface area (Å²) in [5.74, 6) is 2.60. The Labute approximate surface area is 276 Å². The molecular weight excluding hydrogens is 603 g/mol. The number of carbonyl (C=O) groups is 3. The Morgan fingerprint density at radius 3 is 1.63 bits per heavy atom. The molecule has 0 aromatic carbocycles. The average Bonchev–Trinajstić information content (AvgIpc) is 2.91. The molecule has 0 aliphatic heterocycles. The molecule has 43 heavy (non-hydrogen) atoms. The van der Waals surface area contributed by atoms with Crippen LogP contribution >= 0.6 is 34.2 Å². The van der Waals surface area contributed by atoms with Crippen LogP contribution in [-0.4, -0.2) is 72.9 Å². The van der Waals surface area contributed by atoms with Gasteiger partial charge in [-0.15, -0.1) is 0 Å². The molecule has 0 heterocycles. The van der Waals surface area contributed by atoms with Gasteiger partial charge in [-0.2, -0.15) is 12.6 Å². The summed E-state index contributed by atoms with van der Waals surface area (Å²) in [6.07, 6.45) is 12.7. The van der Waals surface area contributed by atoms with Crippen LogP contribution in [0.25, 0.3) is 0 Å². The zero-order valence-electron chi connectivity index (χ0n) is 28.0. The lowest BCUT2D eigenvalue weighted by Gasteiger charge is -2.37. The van der Waals surface area contributed by atoms with E-state index in [0.29, 0.717) is 6.42 Å². The minimum atomic E-state index is -0.462. The van der Waals surface area contributed by atoms with Crippen LogP contribution < -0.4 is 16.8 Å². The van der Waals surface area contributed by atoms with Gasteiger partial charge in [0.15, 0.2) is 0 Å². The van der Waals surface area contributed by atoms with E-state index in [0.717, 1.165) is 88.2 Å². The van der Waals surface area contributed by atoms with Crippen LogP contribution in [0.4, 0.5) is 0 Å². The second-order valence-electron chi connectivity index (χ2n) is 13.7. The van der Waals surface area contributed by atoms with E-state index in [-0.39, 0.29) is 29.4 Å². The first-order chi connectivity index (χ1) is 20.2. The summed E-state index contributed by atoms with van der Waals surface area (Å²) in [6.45, 7) is 14.7. The van der Waals surface area contributed by atoms with E-state index in [1.54, 1.807) is 21.6 Å². The van der Waals surface area contributed by atoms with Crippen LogP contribution in [-0.2, 0) is 23.9 Å². The molecule has 0 atom stereocenters. The molecule has 254 valence electrons. The SMILES string of the molecule is CC(C)(C)OC(=O)CC1(C=O)CCCCC1.CC(C)(C)OC(=O)CC1(CNCCS)CCCCC1.NCCSSCCN. The largest absolute Gasteiger partial charge is 0.460 e. The van der Waals surface area contributed by atoms with E-state index in [1.165, 1.54) is 25.7 Å². The van der Waals surface area contributed by atoms with Gasteiger partial charge in [-0.1, -0.05) is 60.1 Å². The Bertz CT molecular complexity index is 754. The van der Waals surface area contributed by atoms with Crippen molar-refractivity contribution in [2.24, 2.45) is 22.3 Å². The normalized spacial score (nSPS) is 17.8. The quantitative estimate of drug-likeness (QED) is 0.0548. The first-order valence-corrected chi connectivity index (χ1v) is 19.1. The van der Waals surface area contributed by atoms with E-state index < -0.39 is 11.0 Å². The number of esters is 2.